The van der Waals surface area contributed by atoms with E-state index in [4.69, 9.17) is 9.47 Å². The molecule has 0 amide bonds. The summed E-state index contributed by atoms with van der Waals surface area (Å²) in [5, 5.41) is 0. The molecule has 0 atom stereocenters. The molecular formula is C21H20BrNO3. The van der Waals surface area contributed by atoms with Crippen LogP contribution in [0.2, 0.25) is 0 Å². The number of rotatable bonds is 5. The summed E-state index contributed by atoms with van der Waals surface area (Å²) in [5.74, 6) is 0.487. The molecule has 4 nitrogen and oxygen atoms in total. The molecule has 1 aromatic heterocycles. The highest BCUT2D eigenvalue weighted by atomic mass is 79.9. The molecule has 0 aliphatic rings. The van der Waals surface area contributed by atoms with Crippen molar-refractivity contribution in [2.24, 2.45) is 0 Å². The van der Waals surface area contributed by atoms with E-state index in [1.807, 2.05) is 61.5 Å². The molecule has 2 aromatic carbocycles. The first-order chi connectivity index (χ1) is 12.5. The van der Waals surface area contributed by atoms with Gasteiger partial charge >= 0.3 is 5.97 Å². The molecule has 3 aromatic rings. The number of carbonyl (C=O) groups excluding carboxylic acids is 1. The first-order valence-electron chi connectivity index (χ1n) is 8.20. The second-order valence-electron chi connectivity index (χ2n) is 5.98. The molecule has 0 N–H and O–H groups in total. The lowest BCUT2D eigenvalue weighted by atomic mass is 10.1. The molecule has 5 heteroatoms. The Morgan fingerprint density at radius 1 is 1.04 bits per heavy atom. The van der Waals surface area contributed by atoms with Gasteiger partial charge in [0.15, 0.2) is 0 Å². The van der Waals surface area contributed by atoms with Crippen LogP contribution in [0.1, 0.15) is 21.6 Å². The Labute approximate surface area is 161 Å². The smallest absolute Gasteiger partial charge is 0.340 e. The lowest BCUT2D eigenvalue weighted by Gasteiger charge is -2.14. The summed E-state index contributed by atoms with van der Waals surface area (Å²) in [4.78, 5) is 12.3. The van der Waals surface area contributed by atoms with Crippen molar-refractivity contribution >= 4 is 21.9 Å². The van der Waals surface area contributed by atoms with E-state index < -0.39 is 0 Å². The predicted octanol–water partition coefficient (Wildman–Crippen LogP) is 5.07. The first kappa shape index (κ1) is 18.3. The van der Waals surface area contributed by atoms with Crippen molar-refractivity contribution in [1.29, 1.82) is 0 Å². The quantitative estimate of drug-likeness (QED) is 0.548. The van der Waals surface area contributed by atoms with Gasteiger partial charge in [-0.15, -0.1) is 0 Å². The Hall–Kier alpha value is -2.53. The maximum absolute atomic E-state index is 12.3. The Bertz CT molecular complexity index is 912. The highest BCUT2D eigenvalue weighted by Crippen LogP contribution is 2.30. The van der Waals surface area contributed by atoms with Gasteiger partial charge in [0.25, 0.3) is 0 Å². The van der Waals surface area contributed by atoms with Gasteiger partial charge in [-0.2, -0.15) is 0 Å². The van der Waals surface area contributed by atoms with Crippen molar-refractivity contribution in [3.05, 3.63) is 75.9 Å². The number of aromatic nitrogens is 1. The third kappa shape index (κ3) is 3.68. The topological polar surface area (TPSA) is 40.5 Å². The van der Waals surface area contributed by atoms with Crippen LogP contribution in [0.4, 0.5) is 0 Å². The molecular weight excluding hydrogens is 394 g/mol. The number of hydrogen-bond donors (Lipinski definition) is 0. The van der Waals surface area contributed by atoms with Crippen LogP contribution >= 0.6 is 15.9 Å². The second-order valence-corrected chi connectivity index (χ2v) is 6.90. The fraction of sp³-hybridized carbons (Fsp3) is 0.190. The predicted molar refractivity (Wildman–Crippen MR) is 106 cm³/mol. The third-order valence-electron chi connectivity index (χ3n) is 4.33. The van der Waals surface area contributed by atoms with Crippen molar-refractivity contribution in [2.75, 3.05) is 14.2 Å². The van der Waals surface area contributed by atoms with Gasteiger partial charge in [-0.1, -0.05) is 40.2 Å². The highest BCUT2D eigenvalue weighted by Gasteiger charge is 2.21. The number of esters is 1. The molecule has 0 fully saturated rings. The minimum Gasteiger partial charge on any atom is -0.497 e. The van der Waals surface area contributed by atoms with Gasteiger partial charge in [-0.05, 0) is 48.4 Å². The van der Waals surface area contributed by atoms with Gasteiger partial charge < -0.3 is 14.0 Å². The standard InChI is InChI=1S/C21H20BrNO3/c1-14-12-19(21(24)26-3)20(16-6-8-17(22)9-7-16)23(14)13-15-4-10-18(25-2)11-5-15/h4-12H,13H2,1-3H3. The van der Waals surface area contributed by atoms with Crippen molar-refractivity contribution in [3.63, 3.8) is 0 Å². The van der Waals surface area contributed by atoms with Crippen molar-refractivity contribution in [1.82, 2.24) is 4.57 Å². The number of ether oxygens (including phenoxy) is 2. The number of benzene rings is 2. The van der Waals surface area contributed by atoms with E-state index in [2.05, 4.69) is 20.5 Å². The second kappa shape index (κ2) is 7.79. The zero-order valence-corrected chi connectivity index (χ0v) is 16.5. The van der Waals surface area contributed by atoms with Gasteiger partial charge in [0.1, 0.15) is 5.75 Å². The van der Waals surface area contributed by atoms with E-state index in [1.165, 1.54) is 7.11 Å². The Kier molecular flexibility index (Phi) is 5.47. The fourth-order valence-corrected chi connectivity index (χ4v) is 3.24. The first-order valence-corrected chi connectivity index (χ1v) is 9.00. The number of nitrogens with zero attached hydrogens (tertiary/aromatic N) is 1. The Morgan fingerprint density at radius 2 is 1.69 bits per heavy atom. The Morgan fingerprint density at radius 3 is 2.27 bits per heavy atom. The van der Waals surface area contributed by atoms with Gasteiger partial charge in [-0.3, -0.25) is 0 Å². The summed E-state index contributed by atoms with van der Waals surface area (Å²) in [6.07, 6.45) is 0. The molecule has 0 spiro atoms. The van der Waals surface area contributed by atoms with Crippen LogP contribution in [0, 0.1) is 6.92 Å². The van der Waals surface area contributed by atoms with Crippen LogP contribution in [0.3, 0.4) is 0 Å². The van der Waals surface area contributed by atoms with Crippen LogP contribution < -0.4 is 4.74 Å². The Balaban J connectivity index is 2.09. The number of aryl methyl sites for hydroxylation is 1. The average Bonchev–Trinajstić information content (AvgIpc) is 2.99. The van der Waals surface area contributed by atoms with E-state index >= 15 is 0 Å². The van der Waals surface area contributed by atoms with Crippen molar-refractivity contribution < 1.29 is 14.3 Å². The lowest BCUT2D eigenvalue weighted by molar-refractivity contribution is 0.0601. The summed E-state index contributed by atoms with van der Waals surface area (Å²) in [6.45, 7) is 2.65. The third-order valence-corrected chi connectivity index (χ3v) is 4.86. The molecule has 0 bridgehead atoms. The van der Waals surface area contributed by atoms with E-state index in [0.29, 0.717) is 12.1 Å². The number of methoxy groups -OCH3 is 2. The zero-order chi connectivity index (χ0) is 18.7. The van der Waals surface area contributed by atoms with Gasteiger partial charge in [0, 0.05) is 16.7 Å². The van der Waals surface area contributed by atoms with Crippen LogP contribution in [-0.4, -0.2) is 24.8 Å². The molecule has 1 heterocycles. The molecule has 0 radical (unpaired) electrons. The highest BCUT2D eigenvalue weighted by molar-refractivity contribution is 9.10. The molecule has 3 rings (SSSR count). The average molecular weight is 414 g/mol. The van der Waals surface area contributed by atoms with E-state index in [9.17, 15) is 4.79 Å². The minimum absolute atomic E-state index is 0.334. The maximum atomic E-state index is 12.3. The SMILES string of the molecule is COC(=O)c1cc(C)n(Cc2ccc(OC)cc2)c1-c1ccc(Br)cc1. The van der Waals surface area contributed by atoms with E-state index in [-0.39, 0.29) is 5.97 Å². The lowest BCUT2D eigenvalue weighted by Crippen LogP contribution is -2.07. The zero-order valence-electron chi connectivity index (χ0n) is 15.0. The van der Waals surface area contributed by atoms with Crippen LogP contribution in [0.25, 0.3) is 11.3 Å². The van der Waals surface area contributed by atoms with Crippen molar-refractivity contribution in [2.45, 2.75) is 13.5 Å². The van der Waals surface area contributed by atoms with Crippen molar-refractivity contribution in [3.8, 4) is 17.0 Å². The molecule has 0 saturated heterocycles. The normalized spacial score (nSPS) is 10.6. The largest absolute Gasteiger partial charge is 0.497 e. The summed E-state index contributed by atoms with van der Waals surface area (Å²) >= 11 is 3.46. The number of hydrogen-bond acceptors (Lipinski definition) is 3. The van der Waals surface area contributed by atoms with E-state index in [1.54, 1.807) is 7.11 Å². The summed E-state index contributed by atoms with van der Waals surface area (Å²) in [7, 11) is 3.06. The molecule has 26 heavy (non-hydrogen) atoms. The van der Waals surface area contributed by atoms with E-state index in [0.717, 1.165) is 32.7 Å². The fourth-order valence-electron chi connectivity index (χ4n) is 2.98. The minimum atomic E-state index is -0.334. The number of halogens is 1. The molecule has 0 saturated carbocycles. The van der Waals surface area contributed by atoms with Crippen LogP contribution in [0.5, 0.6) is 5.75 Å². The summed E-state index contributed by atoms with van der Waals surface area (Å²) in [6, 6.07) is 17.7. The van der Waals surface area contributed by atoms with Crippen LogP contribution in [-0.2, 0) is 11.3 Å². The van der Waals surface area contributed by atoms with Gasteiger partial charge in [0.05, 0.1) is 25.5 Å². The summed E-state index contributed by atoms with van der Waals surface area (Å²) < 4.78 is 13.3. The monoisotopic (exact) mass is 413 g/mol. The molecule has 0 aliphatic carbocycles. The van der Waals surface area contributed by atoms with Gasteiger partial charge in [-0.25, -0.2) is 4.79 Å². The summed E-state index contributed by atoms with van der Waals surface area (Å²) in [5.41, 5.74) is 4.52. The molecule has 0 aliphatic heterocycles. The maximum Gasteiger partial charge on any atom is 0.340 e. The van der Waals surface area contributed by atoms with Crippen LogP contribution in [0.15, 0.2) is 59.1 Å². The number of carbonyl (C=O) groups is 1. The van der Waals surface area contributed by atoms with Gasteiger partial charge in [0.2, 0.25) is 0 Å². The molecule has 0 unspecified atom stereocenters. The molecule has 134 valence electrons.